The molecule has 0 bridgehead atoms. The van der Waals surface area contributed by atoms with E-state index in [2.05, 4.69) is 21.2 Å². The summed E-state index contributed by atoms with van der Waals surface area (Å²) in [7, 11) is -3.93. The predicted molar refractivity (Wildman–Crippen MR) is 148 cm³/mol. The van der Waals surface area contributed by atoms with Crippen LogP contribution in [0.2, 0.25) is 5.02 Å². The zero-order valence-electron chi connectivity index (χ0n) is 20.5. The number of hydrogen-bond acceptors (Lipinski definition) is 4. The number of carbonyl (C=O) groups excluding carboxylic acids is 1. The molecule has 0 aromatic heterocycles. The molecule has 3 aromatic carbocycles. The number of sulfonamides is 1. The number of nitrogens with zero attached hydrogens (tertiary/aromatic N) is 2. The van der Waals surface area contributed by atoms with Gasteiger partial charge in [-0.25, -0.2) is 12.8 Å². The van der Waals surface area contributed by atoms with Crippen molar-refractivity contribution in [2.24, 2.45) is 0 Å². The molecule has 0 unspecified atom stereocenters. The van der Waals surface area contributed by atoms with Crippen molar-refractivity contribution in [1.82, 2.24) is 9.62 Å². The Hall–Kier alpha value is -2.46. The highest BCUT2D eigenvalue weighted by Crippen LogP contribution is 2.28. The number of amides is 1. The molecule has 1 N–H and O–H groups in total. The fourth-order valence-corrected chi connectivity index (χ4v) is 6.54. The summed E-state index contributed by atoms with van der Waals surface area (Å²) in [5, 5.41) is 3.07. The van der Waals surface area contributed by atoms with Crippen molar-refractivity contribution in [2.45, 2.75) is 30.7 Å². The van der Waals surface area contributed by atoms with E-state index in [1.165, 1.54) is 34.6 Å². The zero-order valence-corrected chi connectivity index (χ0v) is 23.7. The fraction of sp³-hybridized carbons (Fsp3) is 0.296. The van der Waals surface area contributed by atoms with Crippen LogP contribution in [0, 0.1) is 5.82 Å². The minimum atomic E-state index is -3.93. The molecule has 0 saturated carbocycles. The van der Waals surface area contributed by atoms with E-state index < -0.39 is 15.6 Å². The molecule has 37 heavy (non-hydrogen) atoms. The third-order valence-electron chi connectivity index (χ3n) is 6.25. The van der Waals surface area contributed by atoms with Crippen LogP contribution in [-0.4, -0.2) is 50.3 Å². The van der Waals surface area contributed by atoms with Crippen LogP contribution < -0.4 is 10.2 Å². The first kappa shape index (κ1) is 27.6. The summed E-state index contributed by atoms with van der Waals surface area (Å²) in [6, 6.07) is 18.3. The number of carbonyl (C=O) groups is 1. The monoisotopic (exact) mass is 607 g/mol. The number of hydrogen-bond donors (Lipinski definition) is 1. The number of halogens is 3. The van der Waals surface area contributed by atoms with Gasteiger partial charge in [0.15, 0.2) is 0 Å². The summed E-state index contributed by atoms with van der Waals surface area (Å²) in [4.78, 5) is 15.0. The number of rotatable bonds is 7. The van der Waals surface area contributed by atoms with Gasteiger partial charge in [0.25, 0.3) is 5.91 Å². The topological polar surface area (TPSA) is 69.7 Å². The first-order chi connectivity index (χ1) is 17.4. The molecule has 1 heterocycles. The Labute approximate surface area is 230 Å². The minimum Gasteiger partial charge on any atom is -0.369 e. The average Bonchev–Trinajstić information content (AvgIpc) is 2.85. The van der Waals surface area contributed by atoms with E-state index in [9.17, 15) is 17.6 Å². The highest BCUT2D eigenvalue weighted by Gasteiger charge is 2.31. The first-order valence-electron chi connectivity index (χ1n) is 11.8. The van der Waals surface area contributed by atoms with Crippen LogP contribution in [0.1, 0.15) is 29.8 Å². The van der Waals surface area contributed by atoms with Crippen LogP contribution >= 0.6 is 27.5 Å². The van der Waals surface area contributed by atoms with Gasteiger partial charge in [0, 0.05) is 47.4 Å². The summed E-state index contributed by atoms with van der Waals surface area (Å²) in [5.41, 5.74) is 1.55. The Balaban J connectivity index is 1.46. The Morgan fingerprint density at radius 3 is 2.24 bits per heavy atom. The first-order valence-corrected chi connectivity index (χ1v) is 14.4. The predicted octanol–water partition coefficient (Wildman–Crippen LogP) is 5.50. The van der Waals surface area contributed by atoms with E-state index in [-0.39, 0.29) is 40.3 Å². The van der Waals surface area contributed by atoms with Crippen molar-refractivity contribution in [3.8, 4) is 0 Å². The Bertz CT molecular complexity index is 1380. The zero-order chi connectivity index (χ0) is 26.8. The smallest absolute Gasteiger partial charge is 0.251 e. The van der Waals surface area contributed by atoms with E-state index >= 15 is 0 Å². The van der Waals surface area contributed by atoms with Gasteiger partial charge in [-0.15, -0.1) is 0 Å². The van der Waals surface area contributed by atoms with E-state index in [1.54, 1.807) is 12.1 Å². The van der Waals surface area contributed by atoms with Gasteiger partial charge in [0.1, 0.15) is 10.7 Å². The summed E-state index contributed by atoms with van der Waals surface area (Å²) in [6.45, 7) is 5.22. The largest absolute Gasteiger partial charge is 0.369 e. The lowest BCUT2D eigenvalue weighted by Crippen LogP contribution is -2.48. The van der Waals surface area contributed by atoms with Gasteiger partial charge in [-0.2, -0.15) is 4.31 Å². The van der Waals surface area contributed by atoms with Gasteiger partial charge in [-0.3, -0.25) is 4.79 Å². The second-order valence-corrected chi connectivity index (χ2v) is 12.9. The molecule has 0 spiro atoms. The van der Waals surface area contributed by atoms with Crippen LogP contribution in [0.4, 0.5) is 10.1 Å². The van der Waals surface area contributed by atoms with Crippen LogP contribution in [0.25, 0.3) is 0 Å². The Morgan fingerprint density at radius 1 is 1.00 bits per heavy atom. The number of anilines is 1. The summed E-state index contributed by atoms with van der Waals surface area (Å²) in [6.07, 6.45) is 0.600. The molecule has 1 fully saturated rings. The van der Waals surface area contributed by atoms with Crippen molar-refractivity contribution in [3.05, 3.63) is 93.2 Å². The lowest BCUT2D eigenvalue weighted by Gasteiger charge is -2.35. The molecule has 10 heteroatoms. The quantitative estimate of drug-likeness (QED) is 0.385. The maximum atomic E-state index is 13.5. The second-order valence-electron chi connectivity index (χ2n) is 9.65. The van der Waals surface area contributed by atoms with E-state index in [0.29, 0.717) is 19.5 Å². The molecule has 196 valence electrons. The third-order valence-corrected chi connectivity index (χ3v) is 9.16. The molecule has 6 nitrogen and oxygen atoms in total. The highest BCUT2D eigenvalue weighted by molar-refractivity contribution is 9.10. The lowest BCUT2D eigenvalue weighted by atomic mass is 9.94. The molecule has 1 amide bonds. The van der Waals surface area contributed by atoms with Gasteiger partial charge in [-0.05, 0) is 80.4 Å². The molecule has 0 atom stereocenters. The molecule has 1 aliphatic rings. The van der Waals surface area contributed by atoms with Gasteiger partial charge in [0.2, 0.25) is 10.0 Å². The second kappa shape index (κ2) is 11.1. The number of benzene rings is 3. The van der Waals surface area contributed by atoms with E-state index in [1.807, 2.05) is 43.0 Å². The molecule has 3 aromatic rings. The standard InChI is InChI=1S/C27H28BrClFN3O3S/c1-27(2,18-19-3-6-21(28)7-4-19)31-26(34)20-5-12-24(29)25(17-20)37(35,36)33-15-13-32(14-16-33)23-10-8-22(30)9-11-23/h3-12,17H,13-16,18H2,1-2H3,(H,31,34). The van der Waals surface area contributed by atoms with Crippen LogP contribution in [0.3, 0.4) is 0 Å². The van der Waals surface area contributed by atoms with Crippen molar-refractivity contribution in [1.29, 1.82) is 0 Å². The Kier molecular flexibility index (Phi) is 8.28. The van der Waals surface area contributed by atoms with Gasteiger partial charge >= 0.3 is 0 Å². The van der Waals surface area contributed by atoms with E-state index in [4.69, 9.17) is 11.6 Å². The highest BCUT2D eigenvalue weighted by atomic mass is 79.9. The maximum Gasteiger partial charge on any atom is 0.251 e. The molecule has 0 radical (unpaired) electrons. The average molecular weight is 609 g/mol. The van der Waals surface area contributed by atoms with E-state index in [0.717, 1.165) is 15.7 Å². The van der Waals surface area contributed by atoms with Crippen molar-refractivity contribution in [3.63, 3.8) is 0 Å². The molecule has 4 rings (SSSR count). The summed E-state index contributed by atoms with van der Waals surface area (Å²) >= 11 is 9.73. The minimum absolute atomic E-state index is 0.0617. The SMILES string of the molecule is CC(C)(Cc1ccc(Br)cc1)NC(=O)c1ccc(Cl)c(S(=O)(=O)N2CCN(c3ccc(F)cc3)CC2)c1. The lowest BCUT2D eigenvalue weighted by molar-refractivity contribution is 0.0913. The Morgan fingerprint density at radius 2 is 1.62 bits per heavy atom. The van der Waals surface area contributed by atoms with Gasteiger partial charge < -0.3 is 10.2 Å². The normalized spacial score (nSPS) is 15.0. The fourth-order valence-electron chi connectivity index (χ4n) is 4.36. The van der Waals surface area contributed by atoms with Crippen molar-refractivity contribution < 1.29 is 17.6 Å². The van der Waals surface area contributed by atoms with Gasteiger partial charge in [-0.1, -0.05) is 39.7 Å². The maximum absolute atomic E-state index is 13.5. The number of nitrogens with one attached hydrogen (secondary N) is 1. The van der Waals surface area contributed by atoms with Crippen molar-refractivity contribution >= 4 is 49.1 Å². The van der Waals surface area contributed by atoms with Crippen LogP contribution in [0.15, 0.2) is 76.1 Å². The number of piperazine rings is 1. The molecular formula is C27H28BrClFN3O3S. The summed E-state index contributed by atoms with van der Waals surface area (Å²) < 4.78 is 42.5. The summed E-state index contributed by atoms with van der Waals surface area (Å²) in [5.74, 6) is -0.698. The molecule has 1 aliphatic heterocycles. The van der Waals surface area contributed by atoms with Crippen molar-refractivity contribution in [2.75, 3.05) is 31.1 Å². The van der Waals surface area contributed by atoms with Crippen LogP contribution in [-0.2, 0) is 16.4 Å². The van der Waals surface area contributed by atoms with Crippen LogP contribution in [0.5, 0.6) is 0 Å². The van der Waals surface area contributed by atoms with Gasteiger partial charge in [0.05, 0.1) is 5.02 Å². The molecular weight excluding hydrogens is 581 g/mol. The third kappa shape index (κ3) is 6.71. The molecule has 1 saturated heterocycles. The molecule has 0 aliphatic carbocycles.